The summed E-state index contributed by atoms with van der Waals surface area (Å²) in [7, 11) is 0. The Morgan fingerprint density at radius 2 is 1.71 bits per heavy atom. The lowest BCUT2D eigenvalue weighted by Gasteiger charge is -2.22. The van der Waals surface area contributed by atoms with Crippen LogP contribution in [-0.4, -0.2) is 17.2 Å². The van der Waals surface area contributed by atoms with Crippen molar-refractivity contribution in [1.29, 1.82) is 0 Å². The van der Waals surface area contributed by atoms with Crippen molar-refractivity contribution in [2.75, 3.05) is 0 Å². The lowest BCUT2D eigenvalue weighted by Crippen LogP contribution is -2.29. The van der Waals surface area contributed by atoms with Crippen LogP contribution in [0.15, 0.2) is 78.9 Å². The number of hydrogen-bond acceptors (Lipinski definition) is 3. The second-order valence-corrected chi connectivity index (χ2v) is 11.8. The van der Waals surface area contributed by atoms with Gasteiger partial charge in [0.1, 0.15) is 5.75 Å². The molecule has 0 aliphatic heterocycles. The van der Waals surface area contributed by atoms with Gasteiger partial charge in [0, 0.05) is 21.4 Å². The Balaban J connectivity index is 1.49. The van der Waals surface area contributed by atoms with Gasteiger partial charge in [0.05, 0.1) is 0 Å². The van der Waals surface area contributed by atoms with Gasteiger partial charge in [-0.25, -0.2) is 4.79 Å². The molecule has 38 heavy (non-hydrogen) atoms. The number of carbonyl (C=O) groups is 1. The summed E-state index contributed by atoms with van der Waals surface area (Å²) in [5, 5.41) is 13.8. The first-order chi connectivity index (χ1) is 18.5. The Kier molecular flexibility index (Phi) is 6.67. The predicted octanol–water partition coefficient (Wildman–Crippen LogP) is 9.07. The lowest BCUT2D eigenvalue weighted by atomic mass is 9.89. The van der Waals surface area contributed by atoms with E-state index in [1.54, 1.807) is 0 Å². The molecule has 1 heterocycles. The third-order valence-corrected chi connectivity index (χ3v) is 9.24. The van der Waals surface area contributed by atoms with Crippen molar-refractivity contribution in [3.63, 3.8) is 0 Å². The highest BCUT2D eigenvalue weighted by Gasteiger charge is 2.26. The van der Waals surface area contributed by atoms with Crippen molar-refractivity contribution in [2.24, 2.45) is 0 Å². The lowest BCUT2D eigenvalue weighted by molar-refractivity contribution is -0.145. The highest BCUT2D eigenvalue weighted by molar-refractivity contribution is 7.19. The van der Waals surface area contributed by atoms with Gasteiger partial charge in [0.2, 0.25) is 0 Å². The molecule has 0 saturated heterocycles. The highest BCUT2D eigenvalue weighted by Crippen LogP contribution is 2.46. The van der Waals surface area contributed by atoms with Gasteiger partial charge in [0.15, 0.2) is 6.10 Å². The van der Waals surface area contributed by atoms with Gasteiger partial charge in [-0.2, -0.15) is 0 Å². The first-order valence-electron chi connectivity index (χ1n) is 13.5. The molecule has 0 radical (unpaired) electrons. The van der Waals surface area contributed by atoms with Gasteiger partial charge < -0.3 is 9.84 Å². The van der Waals surface area contributed by atoms with E-state index in [-0.39, 0.29) is 0 Å². The maximum Gasteiger partial charge on any atom is 0.345 e. The molecular weight excluding hydrogens is 488 g/mol. The average Bonchev–Trinajstić information content (AvgIpc) is 3.56. The zero-order valence-electron chi connectivity index (χ0n) is 21.9. The molecule has 0 amide bonds. The van der Waals surface area contributed by atoms with Crippen LogP contribution in [0.3, 0.4) is 0 Å². The van der Waals surface area contributed by atoms with Crippen LogP contribution in [0, 0.1) is 13.8 Å². The van der Waals surface area contributed by atoms with E-state index >= 15 is 0 Å². The third kappa shape index (κ3) is 4.58. The van der Waals surface area contributed by atoms with E-state index in [0.29, 0.717) is 18.1 Å². The van der Waals surface area contributed by atoms with Crippen LogP contribution in [0.1, 0.15) is 53.2 Å². The van der Waals surface area contributed by atoms with Crippen molar-refractivity contribution in [1.82, 2.24) is 0 Å². The Bertz CT molecular complexity index is 1630. The third-order valence-electron chi connectivity index (χ3n) is 8.08. The largest absolute Gasteiger partial charge is 0.478 e. The Morgan fingerprint density at radius 1 is 0.974 bits per heavy atom. The summed E-state index contributed by atoms with van der Waals surface area (Å²) >= 11 is 1.86. The van der Waals surface area contributed by atoms with Gasteiger partial charge in [0.25, 0.3) is 0 Å². The Hall–Kier alpha value is -3.63. The van der Waals surface area contributed by atoms with E-state index < -0.39 is 12.1 Å². The monoisotopic (exact) mass is 520 g/mol. The molecule has 5 aromatic rings. The fourth-order valence-corrected chi connectivity index (χ4v) is 7.15. The van der Waals surface area contributed by atoms with Crippen LogP contribution in [0.4, 0.5) is 0 Å². The summed E-state index contributed by atoms with van der Waals surface area (Å²) in [6.45, 7) is 4.43. The number of ether oxygens (including phenoxy) is 1. The van der Waals surface area contributed by atoms with Crippen LogP contribution in [0.2, 0.25) is 0 Å². The summed E-state index contributed by atoms with van der Waals surface area (Å²) < 4.78 is 7.63. The van der Waals surface area contributed by atoms with Gasteiger partial charge in [-0.1, -0.05) is 73.5 Å². The normalized spacial score (nSPS) is 14.8. The molecule has 4 heteroatoms. The summed E-state index contributed by atoms with van der Waals surface area (Å²) in [6.07, 6.45) is 4.01. The van der Waals surface area contributed by atoms with E-state index in [9.17, 15) is 9.90 Å². The van der Waals surface area contributed by atoms with Crippen molar-refractivity contribution in [2.45, 2.75) is 58.0 Å². The average molecular weight is 521 g/mol. The molecule has 1 N–H and O–H groups in total. The smallest absolute Gasteiger partial charge is 0.345 e. The minimum atomic E-state index is -0.936. The molecule has 3 nitrogen and oxygen atoms in total. The second-order valence-electron chi connectivity index (χ2n) is 10.5. The fourth-order valence-electron chi connectivity index (χ4n) is 6.02. The zero-order valence-corrected chi connectivity index (χ0v) is 22.7. The summed E-state index contributed by atoms with van der Waals surface area (Å²) in [4.78, 5) is 13.6. The Labute approximate surface area is 227 Å². The number of thiophene rings is 1. The Morgan fingerprint density at radius 3 is 2.47 bits per heavy atom. The van der Waals surface area contributed by atoms with Crippen LogP contribution in [0.25, 0.3) is 32.0 Å². The number of rotatable bonds is 7. The number of hydrogen-bond donors (Lipinski definition) is 1. The van der Waals surface area contributed by atoms with Crippen LogP contribution >= 0.6 is 11.3 Å². The van der Waals surface area contributed by atoms with E-state index in [4.69, 9.17) is 4.74 Å². The minimum absolute atomic E-state index is 0.333. The van der Waals surface area contributed by atoms with Crippen molar-refractivity contribution in [3.05, 3.63) is 100 Å². The van der Waals surface area contributed by atoms with Gasteiger partial charge in [-0.05, 0) is 89.4 Å². The molecule has 1 atom stereocenters. The van der Waals surface area contributed by atoms with Gasteiger partial charge >= 0.3 is 5.97 Å². The summed E-state index contributed by atoms with van der Waals surface area (Å²) in [6, 6.07) is 27.1. The molecule has 1 aliphatic carbocycles. The first-order valence-corrected chi connectivity index (χ1v) is 14.3. The molecule has 0 spiro atoms. The fraction of sp³-hybridized carbons (Fsp3) is 0.265. The number of aryl methyl sites for hydroxylation is 2. The second kappa shape index (κ2) is 10.3. The number of benzene rings is 4. The number of carboxylic acid groups (broad SMARTS) is 1. The summed E-state index contributed by atoms with van der Waals surface area (Å²) in [5.74, 6) is 0.154. The van der Waals surface area contributed by atoms with Gasteiger partial charge in [-0.3, -0.25) is 0 Å². The maximum absolute atomic E-state index is 12.2. The number of aliphatic carboxylic acids is 1. The molecule has 1 unspecified atom stereocenters. The van der Waals surface area contributed by atoms with E-state index in [1.165, 1.54) is 55.3 Å². The molecule has 6 rings (SSSR count). The SMILES string of the molecule is Cc1sc2cc3ccccc3c(-c3ccc(OC(Cc4ccccc4)C(=O)O)c(C4CCCC4)c3)c2c1C. The van der Waals surface area contributed by atoms with Crippen LogP contribution in [0.5, 0.6) is 5.75 Å². The van der Waals surface area contributed by atoms with Gasteiger partial charge in [-0.15, -0.1) is 11.3 Å². The first kappa shape index (κ1) is 24.7. The molecule has 192 valence electrons. The molecule has 1 fully saturated rings. The molecule has 4 aromatic carbocycles. The number of carboxylic acids is 1. The van der Waals surface area contributed by atoms with E-state index in [1.807, 2.05) is 47.7 Å². The van der Waals surface area contributed by atoms with Crippen molar-refractivity contribution >= 4 is 38.2 Å². The highest BCUT2D eigenvalue weighted by atomic mass is 32.1. The summed E-state index contributed by atoms with van der Waals surface area (Å²) in [5.41, 5.74) is 5.88. The van der Waals surface area contributed by atoms with E-state index in [2.05, 4.69) is 56.3 Å². The molecular formula is C34H32O3S. The maximum atomic E-state index is 12.2. The molecule has 0 bridgehead atoms. The van der Waals surface area contributed by atoms with E-state index in [0.717, 1.165) is 24.0 Å². The van der Waals surface area contributed by atoms with Crippen LogP contribution in [-0.2, 0) is 11.2 Å². The standard InChI is InChI=1S/C34H32O3S/c1-21-22(2)38-31-20-25-14-8-9-15-27(25)33(32(21)31)26-16-17-29(28(19-26)24-12-6-7-13-24)37-30(34(35)36)18-23-10-4-3-5-11-23/h3-5,8-11,14-17,19-20,24,30H,6-7,12-13,18H2,1-2H3,(H,35,36). The zero-order chi connectivity index (χ0) is 26.2. The quantitative estimate of drug-likeness (QED) is 0.233. The predicted molar refractivity (Wildman–Crippen MR) is 158 cm³/mol. The van der Waals surface area contributed by atoms with Crippen molar-refractivity contribution in [3.8, 4) is 16.9 Å². The van der Waals surface area contributed by atoms with Crippen molar-refractivity contribution < 1.29 is 14.6 Å². The molecule has 1 saturated carbocycles. The molecule has 1 aliphatic rings. The number of fused-ring (bicyclic) bond motifs is 2. The minimum Gasteiger partial charge on any atom is -0.478 e. The topological polar surface area (TPSA) is 46.5 Å². The molecule has 1 aromatic heterocycles. The van der Waals surface area contributed by atoms with Crippen LogP contribution < -0.4 is 4.74 Å².